The maximum atomic E-state index is 2.38. The average Bonchev–Trinajstić information content (AvgIpc) is 1.89. The standard InChI is InChI=1S/C10H20/c1-4-6-7-9-10(3)8-5-2/h9H,4-8H2,1-3H3/b10-9-. The van der Waals surface area contributed by atoms with Crippen LogP contribution in [0.4, 0.5) is 0 Å². The van der Waals surface area contributed by atoms with Gasteiger partial charge in [-0.15, -0.1) is 0 Å². The van der Waals surface area contributed by atoms with Crippen LogP contribution in [-0.2, 0) is 0 Å². The summed E-state index contributed by atoms with van der Waals surface area (Å²) in [5.41, 5.74) is 1.57. The molecule has 10 heavy (non-hydrogen) atoms. The Bertz CT molecular complexity index is 90.2. The molecule has 0 fully saturated rings. The Morgan fingerprint density at radius 3 is 2.40 bits per heavy atom. The van der Waals surface area contributed by atoms with Gasteiger partial charge in [-0.2, -0.15) is 0 Å². The van der Waals surface area contributed by atoms with Gasteiger partial charge in [0.2, 0.25) is 0 Å². The normalized spacial score (nSPS) is 12.1. The maximum absolute atomic E-state index is 2.38. The summed E-state index contributed by atoms with van der Waals surface area (Å²) >= 11 is 0. The fourth-order valence-electron chi connectivity index (χ4n) is 1.05. The molecular formula is C10H20. The minimum absolute atomic E-state index is 1.28. The molecule has 0 heteroatoms. The Balaban J connectivity index is 3.28. The first-order chi connectivity index (χ1) is 4.81. The number of hydrogen-bond acceptors (Lipinski definition) is 0. The summed E-state index contributed by atoms with van der Waals surface area (Å²) in [5, 5.41) is 0. The average molecular weight is 140 g/mol. The molecule has 0 aromatic carbocycles. The number of hydrogen-bond donors (Lipinski definition) is 0. The highest BCUT2D eigenvalue weighted by Gasteiger charge is 1.85. The fourth-order valence-corrected chi connectivity index (χ4v) is 1.05. The summed E-state index contributed by atoms with van der Waals surface area (Å²) < 4.78 is 0. The predicted octanol–water partition coefficient (Wildman–Crippen LogP) is 3.92. The molecule has 0 N–H and O–H groups in total. The number of allylic oxidation sites excluding steroid dienone is 2. The Hall–Kier alpha value is -0.260. The fraction of sp³-hybridized carbons (Fsp3) is 0.800. The highest BCUT2D eigenvalue weighted by molar-refractivity contribution is 4.96. The quantitative estimate of drug-likeness (QED) is 0.401. The van der Waals surface area contributed by atoms with E-state index in [0.717, 1.165) is 0 Å². The van der Waals surface area contributed by atoms with Crippen molar-refractivity contribution in [3.05, 3.63) is 11.6 Å². The number of unbranched alkanes of at least 4 members (excludes halogenated alkanes) is 2. The van der Waals surface area contributed by atoms with E-state index in [0.29, 0.717) is 0 Å². The third kappa shape index (κ3) is 5.87. The van der Waals surface area contributed by atoms with Crippen molar-refractivity contribution in [3.8, 4) is 0 Å². The van der Waals surface area contributed by atoms with Crippen LogP contribution in [0.15, 0.2) is 11.6 Å². The molecule has 0 heterocycles. The lowest BCUT2D eigenvalue weighted by molar-refractivity contribution is 0.800. The second-order valence-electron chi connectivity index (χ2n) is 2.94. The minimum Gasteiger partial charge on any atom is -0.0856 e. The zero-order valence-corrected chi connectivity index (χ0v) is 7.61. The molecule has 0 rings (SSSR count). The molecule has 0 amide bonds. The molecule has 0 aliphatic rings. The number of rotatable bonds is 5. The Morgan fingerprint density at radius 2 is 1.90 bits per heavy atom. The van der Waals surface area contributed by atoms with Crippen LogP contribution < -0.4 is 0 Å². The van der Waals surface area contributed by atoms with Gasteiger partial charge in [-0.05, 0) is 19.8 Å². The molecular weight excluding hydrogens is 120 g/mol. The van der Waals surface area contributed by atoms with E-state index in [1.54, 1.807) is 5.57 Å². The summed E-state index contributed by atoms with van der Waals surface area (Å²) in [7, 11) is 0. The maximum Gasteiger partial charge on any atom is -0.0326 e. The minimum atomic E-state index is 1.28. The van der Waals surface area contributed by atoms with Crippen LogP contribution in [0.2, 0.25) is 0 Å². The first-order valence-corrected chi connectivity index (χ1v) is 4.46. The molecule has 0 aliphatic carbocycles. The van der Waals surface area contributed by atoms with Crippen molar-refractivity contribution in [2.75, 3.05) is 0 Å². The van der Waals surface area contributed by atoms with E-state index in [9.17, 15) is 0 Å². The molecule has 0 atom stereocenters. The monoisotopic (exact) mass is 140 g/mol. The van der Waals surface area contributed by atoms with Crippen LogP contribution in [-0.4, -0.2) is 0 Å². The van der Waals surface area contributed by atoms with Crippen LogP contribution in [0.3, 0.4) is 0 Å². The van der Waals surface area contributed by atoms with E-state index in [2.05, 4.69) is 26.8 Å². The van der Waals surface area contributed by atoms with Gasteiger partial charge in [0, 0.05) is 0 Å². The van der Waals surface area contributed by atoms with Gasteiger partial charge in [0.1, 0.15) is 0 Å². The molecule has 0 spiro atoms. The van der Waals surface area contributed by atoms with Crippen molar-refractivity contribution < 1.29 is 0 Å². The molecule has 0 aromatic heterocycles. The summed E-state index contributed by atoms with van der Waals surface area (Å²) in [6.45, 7) is 6.71. The van der Waals surface area contributed by atoms with Gasteiger partial charge in [0.05, 0.1) is 0 Å². The van der Waals surface area contributed by atoms with Crippen LogP contribution in [0.25, 0.3) is 0 Å². The van der Waals surface area contributed by atoms with E-state index < -0.39 is 0 Å². The second kappa shape index (κ2) is 6.85. The van der Waals surface area contributed by atoms with Gasteiger partial charge in [0.25, 0.3) is 0 Å². The zero-order valence-electron chi connectivity index (χ0n) is 7.61. The smallest absolute Gasteiger partial charge is 0.0326 e. The molecule has 0 nitrogen and oxygen atoms in total. The van der Waals surface area contributed by atoms with E-state index >= 15 is 0 Å². The lowest BCUT2D eigenvalue weighted by Gasteiger charge is -1.96. The third-order valence-corrected chi connectivity index (χ3v) is 1.69. The Kier molecular flexibility index (Phi) is 6.68. The van der Waals surface area contributed by atoms with Crippen molar-refractivity contribution in [1.82, 2.24) is 0 Å². The van der Waals surface area contributed by atoms with Gasteiger partial charge >= 0.3 is 0 Å². The van der Waals surface area contributed by atoms with Gasteiger partial charge in [-0.25, -0.2) is 0 Å². The van der Waals surface area contributed by atoms with Gasteiger partial charge in [0.15, 0.2) is 0 Å². The third-order valence-electron chi connectivity index (χ3n) is 1.69. The van der Waals surface area contributed by atoms with Crippen molar-refractivity contribution in [3.63, 3.8) is 0 Å². The summed E-state index contributed by atoms with van der Waals surface area (Å²) in [5.74, 6) is 0. The Labute approximate surface area is 65.3 Å². The summed E-state index contributed by atoms with van der Waals surface area (Å²) in [4.78, 5) is 0. The largest absolute Gasteiger partial charge is 0.0856 e. The highest BCUT2D eigenvalue weighted by atomic mass is 13.9. The lowest BCUT2D eigenvalue weighted by atomic mass is 10.1. The molecule has 0 aliphatic heterocycles. The van der Waals surface area contributed by atoms with Crippen molar-refractivity contribution >= 4 is 0 Å². The molecule has 0 saturated heterocycles. The van der Waals surface area contributed by atoms with Gasteiger partial charge in [-0.3, -0.25) is 0 Å². The molecule has 60 valence electrons. The lowest BCUT2D eigenvalue weighted by Crippen LogP contribution is -1.75. The van der Waals surface area contributed by atoms with Crippen molar-refractivity contribution in [2.24, 2.45) is 0 Å². The molecule has 0 radical (unpaired) electrons. The van der Waals surface area contributed by atoms with Crippen LogP contribution in [0.5, 0.6) is 0 Å². The predicted molar refractivity (Wildman–Crippen MR) is 48.2 cm³/mol. The molecule has 0 unspecified atom stereocenters. The van der Waals surface area contributed by atoms with E-state index in [4.69, 9.17) is 0 Å². The topological polar surface area (TPSA) is 0 Å². The van der Waals surface area contributed by atoms with Gasteiger partial charge in [-0.1, -0.05) is 44.8 Å². The van der Waals surface area contributed by atoms with Crippen molar-refractivity contribution in [2.45, 2.75) is 52.9 Å². The van der Waals surface area contributed by atoms with Crippen LogP contribution >= 0.6 is 0 Å². The first kappa shape index (κ1) is 9.74. The molecule has 0 aromatic rings. The molecule has 0 saturated carbocycles. The summed E-state index contributed by atoms with van der Waals surface area (Å²) in [6, 6.07) is 0. The van der Waals surface area contributed by atoms with E-state index in [-0.39, 0.29) is 0 Å². The highest BCUT2D eigenvalue weighted by Crippen LogP contribution is 2.06. The summed E-state index contributed by atoms with van der Waals surface area (Å²) in [6.07, 6.45) is 8.89. The van der Waals surface area contributed by atoms with E-state index in [1.807, 2.05) is 0 Å². The van der Waals surface area contributed by atoms with Crippen LogP contribution in [0.1, 0.15) is 52.9 Å². The van der Waals surface area contributed by atoms with Gasteiger partial charge < -0.3 is 0 Å². The van der Waals surface area contributed by atoms with Crippen molar-refractivity contribution in [1.29, 1.82) is 0 Å². The van der Waals surface area contributed by atoms with Crippen LogP contribution in [0, 0.1) is 0 Å². The zero-order chi connectivity index (χ0) is 7.82. The Morgan fingerprint density at radius 1 is 1.20 bits per heavy atom. The molecule has 0 bridgehead atoms. The van der Waals surface area contributed by atoms with E-state index in [1.165, 1.54) is 32.1 Å². The first-order valence-electron chi connectivity index (χ1n) is 4.46. The second-order valence-corrected chi connectivity index (χ2v) is 2.94. The SMILES string of the molecule is CCCC/C=C(/C)CCC.